The lowest BCUT2D eigenvalue weighted by molar-refractivity contribution is -0.137. The number of hydrogen-bond acceptors (Lipinski definition) is 6. The van der Waals surface area contributed by atoms with E-state index in [1.165, 1.54) is 0 Å². The van der Waals surface area contributed by atoms with Gasteiger partial charge in [-0.3, -0.25) is 4.68 Å². The van der Waals surface area contributed by atoms with Gasteiger partial charge in [0.05, 0.1) is 11.1 Å². The fourth-order valence-electron chi connectivity index (χ4n) is 6.36. The Morgan fingerprint density at radius 2 is 1.81 bits per heavy atom. The van der Waals surface area contributed by atoms with Gasteiger partial charge in [0.15, 0.2) is 0 Å². The fourth-order valence-corrected chi connectivity index (χ4v) is 6.36. The number of likely N-dealkylation sites (tertiary alicyclic amines) is 1. The summed E-state index contributed by atoms with van der Waals surface area (Å²) in [4.78, 5) is 2.58. The van der Waals surface area contributed by atoms with Gasteiger partial charge in [0.1, 0.15) is 11.5 Å². The van der Waals surface area contributed by atoms with Crippen LogP contribution in [0, 0.1) is 17.8 Å². The van der Waals surface area contributed by atoms with E-state index in [-0.39, 0.29) is 17.6 Å². The zero-order chi connectivity index (χ0) is 24.9. The first-order valence-corrected chi connectivity index (χ1v) is 12.8. The highest BCUT2D eigenvalue weighted by molar-refractivity contribution is 5.84. The van der Waals surface area contributed by atoms with Crippen molar-refractivity contribution in [3.8, 4) is 11.3 Å². The topological polar surface area (TPSA) is 68.1 Å². The maximum atomic E-state index is 14.0. The van der Waals surface area contributed by atoms with Crippen molar-refractivity contribution in [1.82, 2.24) is 24.9 Å². The predicted molar refractivity (Wildman–Crippen MR) is 130 cm³/mol. The van der Waals surface area contributed by atoms with Crippen molar-refractivity contribution >= 4 is 16.7 Å². The van der Waals surface area contributed by atoms with E-state index < -0.39 is 11.7 Å². The molecule has 3 aromatic rings. The monoisotopic (exact) mass is 500 g/mol. The first-order chi connectivity index (χ1) is 17.3. The largest absolute Gasteiger partial charge is 0.418 e. The second-order valence-corrected chi connectivity index (χ2v) is 10.7. The second kappa shape index (κ2) is 9.30. The number of halogens is 3. The van der Waals surface area contributed by atoms with Crippen molar-refractivity contribution in [3.63, 3.8) is 0 Å². The first-order valence-electron chi connectivity index (χ1n) is 12.8. The molecule has 7 nitrogen and oxygen atoms in total. The van der Waals surface area contributed by atoms with Gasteiger partial charge >= 0.3 is 6.18 Å². The second-order valence-electron chi connectivity index (χ2n) is 10.7. The summed E-state index contributed by atoms with van der Waals surface area (Å²) in [5.74, 6) is 2.09. The first kappa shape index (κ1) is 23.7. The third-order valence-corrected chi connectivity index (χ3v) is 8.03. The predicted octanol–water partition coefficient (Wildman–Crippen LogP) is 4.60. The van der Waals surface area contributed by atoms with Crippen LogP contribution in [0.4, 0.5) is 19.0 Å². The molecule has 3 aliphatic rings. The minimum absolute atomic E-state index is 0.123. The number of hydrogen-bond donors (Lipinski definition) is 1. The highest BCUT2D eigenvalue weighted by atomic mass is 19.4. The third kappa shape index (κ3) is 4.80. The van der Waals surface area contributed by atoms with Crippen LogP contribution in [0.3, 0.4) is 0 Å². The van der Waals surface area contributed by atoms with Gasteiger partial charge in [-0.2, -0.15) is 18.3 Å². The SMILES string of the molecule is Cn1cc2cc(-c3nnc(NC4CC5CN(CC6CCOCC6)CC5C4)cc3C(F)(F)F)ccc2n1. The number of fused-ring (bicyclic) bond motifs is 2. The maximum Gasteiger partial charge on any atom is 0.418 e. The van der Waals surface area contributed by atoms with Crippen LogP contribution in [-0.2, 0) is 18.0 Å². The molecule has 3 fully saturated rings. The molecule has 1 aliphatic carbocycles. The smallest absolute Gasteiger partial charge is 0.381 e. The number of aromatic nitrogens is 4. The molecule has 1 N–H and O–H groups in total. The molecule has 192 valence electrons. The van der Waals surface area contributed by atoms with Crippen molar-refractivity contribution in [1.29, 1.82) is 0 Å². The van der Waals surface area contributed by atoms with E-state index in [1.54, 1.807) is 36.1 Å². The van der Waals surface area contributed by atoms with Crippen LogP contribution >= 0.6 is 0 Å². The van der Waals surface area contributed by atoms with Gasteiger partial charge in [0, 0.05) is 63.1 Å². The minimum atomic E-state index is -4.54. The van der Waals surface area contributed by atoms with Crippen LogP contribution in [0.2, 0.25) is 0 Å². The van der Waals surface area contributed by atoms with Gasteiger partial charge in [0.25, 0.3) is 0 Å². The maximum absolute atomic E-state index is 14.0. The summed E-state index contributed by atoms with van der Waals surface area (Å²) in [6.45, 7) is 5.04. The van der Waals surface area contributed by atoms with E-state index in [9.17, 15) is 13.2 Å². The molecular formula is C26H31F3N6O. The Morgan fingerprint density at radius 1 is 1.06 bits per heavy atom. The Bertz CT molecular complexity index is 1220. The molecule has 2 unspecified atom stereocenters. The van der Waals surface area contributed by atoms with Crippen molar-refractivity contribution in [2.24, 2.45) is 24.8 Å². The van der Waals surface area contributed by atoms with Crippen LogP contribution in [0.5, 0.6) is 0 Å². The molecule has 2 aromatic heterocycles. The molecule has 0 amide bonds. The number of anilines is 1. The number of aryl methyl sites for hydroxylation is 1. The van der Waals surface area contributed by atoms with Crippen LogP contribution in [0.1, 0.15) is 31.2 Å². The Morgan fingerprint density at radius 3 is 2.53 bits per heavy atom. The van der Waals surface area contributed by atoms with Gasteiger partial charge in [-0.1, -0.05) is 6.07 Å². The van der Waals surface area contributed by atoms with E-state index in [0.717, 1.165) is 81.4 Å². The zero-order valence-electron chi connectivity index (χ0n) is 20.3. The summed E-state index contributed by atoms with van der Waals surface area (Å²) >= 11 is 0. The molecule has 4 heterocycles. The lowest BCUT2D eigenvalue weighted by atomic mass is 10.00. The average molecular weight is 501 g/mol. The molecule has 10 heteroatoms. The summed E-state index contributed by atoms with van der Waals surface area (Å²) in [5, 5.41) is 16.5. The third-order valence-electron chi connectivity index (χ3n) is 8.03. The molecule has 6 rings (SSSR count). The van der Waals surface area contributed by atoms with E-state index >= 15 is 0 Å². The van der Waals surface area contributed by atoms with Gasteiger partial charge in [-0.15, -0.1) is 10.2 Å². The summed E-state index contributed by atoms with van der Waals surface area (Å²) in [6, 6.07) is 6.24. The highest BCUT2D eigenvalue weighted by Crippen LogP contribution is 2.41. The number of nitrogens with zero attached hydrogens (tertiary/aromatic N) is 5. The highest BCUT2D eigenvalue weighted by Gasteiger charge is 2.42. The molecule has 0 spiro atoms. The van der Waals surface area contributed by atoms with E-state index in [2.05, 4.69) is 25.5 Å². The number of nitrogens with one attached hydrogen (secondary N) is 1. The molecule has 2 aliphatic heterocycles. The Kier molecular flexibility index (Phi) is 6.11. The molecule has 36 heavy (non-hydrogen) atoms. The number of ether oxygens (including phenoxy) is 1. The van der Waals surface area contributed by atoms with Crippen molar-refractivity contribution in [3.05, 3.63) is 36.0 Å². The lowest BCUT2D eigenvalue weighted by Crippen LogP contribution is -2.32. The Hall–Kier alpha value is -2.72. The number of alkyl halides is 3. The fraction of sp³-hybridized carbons (Fsp3) is 0.577. The van der Waals surface area contributed by atoms with E-state index in [0.29, 0.717) is 17.4 Å². The molecule has 2 saturated heterocycles. The van der Waals surface area contributed by atoms with Gasteiger partial charge in [-0.25, -0.2) is 0 Å². The van der Waals surface area contributed by atoms with Crippen LogP contribution in [0.15, 0.2) is 30.5 Å². The number of rotatable bonds is 5. The van der Waals surface area contributed by atoms with Gasteiger partial charge in [0.2, 0.25) is 0 Å². The molecule has 0 bridgehead atoms. The summed E-state index contributed by atoms with van der Waals surface area (Å²) in [5.41, 5.74) is 0.163. The Labute approximate surface area is 208 Å². The number of benzene rings is 1. The van der Waals surface area contributed by atoms with Crippen molar-refractivity contribution in [2.45, 2.75) is 37.9 Å². The van der Waals surface area contributed by atoms with Gasteiger partial charge in [-0.05, 0) is 61.6 Å². The van der Waals surface area contributed by atoms with Crippen LogP contribution in [0.25, 0.3) is 22.2 Å². The van der Waals surface area contributed by atoms with Gasteiger partial charge < -0.3 is 15.0 Å². The van der Waals surface area contributed by atoms with Crippen LogP contribution < -0.4 is 5.32 Å². The Balaban J connectivity index is 1.14. The average Bonchev–Trinajstić information content (AvgIpc) is 3.50. The quantitative estimate of drug-likeness (QED) is 0.553. The summed E-state index contributed by atoms with van der Waals surface area (Å²) in [7, 11) is 1.78. The molecule has 2 atom stereocenters. The molecule has 0 radical (unpaired) electrons. The lowest BCUT2D eigenvalue weighted by Gasteiger charge is -2.27. The molecule has 1 aromatic carbocycles. The van der Waals surface area contributed by atoms with Crippen LogP contribution in [-0.4, -0.2) is 63.8 Å². The van der Waals surface area contributed by atoms with E-state index in [4.69, 9.17) is 4.74 Å². The minimum Gasteiger partial charge on any atom is -0.381 e. The summed E-state index contributed by atoms with van der Waals surface area (Å²) < 4.78 is 49.2. The summed E-state index contributed by atoms with van der Waals surface area (Å²) in [6.07, 6.45) is 1.43. The van der Waals surface area contributed by atoms with Crippen molar-refractivity contribution in [2.75, 3.05) is 38.2 Å². The van der Waals surface area contributed by atoms with E-state index in [1.807, 2.05) is 0 Å². The molecular weight excluding hydrogens is 469 g/mol. The standard InChI is InChI=1S/C26H31F3N6O/c1-34-13-20-8-17(2-3-23(20)33-34)25-22(26(27,28)29)11-24(31-32-25)30-21-9-18-14-35(15-19(18)10-21)12-16-4-6-36-7-5-16/h2-3,8,11,13,16,18-19,21H,4-7,9-10,12,14-15H2,1H3,(H,30,31). The molecule has 1 saturated carbocycles. The zero-order valence-corrected chi connectivity index (χ0v) is 20.3. The normalized spacial score (nSPS) is 25.5. The van der Waals surface area contributed by atoms with Crippen molar-refractivity contribution < 1.29 is 17.9 Å².